The first-order valence-corrected chi connectivity index (χ1v) is 11.1. The van der Waals surface area contributed by atoms with E-state index in [1.807, 2.05) is 35.3 Å². The van der Waals surface area contributed by atoms with Crippen LogP contribution in [0, 0.1) is 11.8 Å². The van der Waals surface area contributed by atoms with Crippen LogP contribution in [-0.2, 0) is 14.4 Å². The highest BCUT2D eigenvalue weighted by Gasteiger charge is 2.47. The Morgan fingerprint density at radius 1 is 1.10 bits per heavy atom. The Balaban J connectivity index is 1.27. The lowest BCUT2D eigenvalue weighted by molar-refractivity contribution is -0.141. The fraction of sp³-hybridized carbons (Fsp3) is 0.455. The molecule has 5 rings (SSSR count). The average Bonchev–Trinajstić information content (AvgIpc) is 3.44. The minimum atomic E-state index is -0.232. The van der Waals surface area contributed by atoms with E-state index in [1.165, 1.54) is 4.90 Å². The maximum Gasteiger partial charge on any atom is 0.233 e. The van der Waals surface area contributed by atoms with Gasteiger partial charge in [0.25, 0.3) is 0 Å². The van der Waals surface area contributed by atoms with Gasteiger partial charge in [-0.3, -0.25) is 19.3 Å². The van der Waals surface area contributed by atoms with Gasteiger partial charge < -0.3 is 4.90 Å². The van der Waals surface area contributed by atoms with Crippen LogP contribution in [0.1, 0.15) is 43.2 Å². The third kappa shape index (κ3) is 3.17. The molecule has 3 heterocycles. The number of benzene rings is 1. The van der Waals surface area contributed by atoms with Crippen LogP contribution >= 0.6 is 11.3 Å². The largest absolute Gasteiger partial charge is 0.333 e. The van der Waals surface area contributed by atoms with Crippen molar-refractivity contribution >= 4 is 39.3 Å². The Labute approximate surface area is 173 Å². The molecule has 0 saturated carbocycles. The topological polar surface area (TPSA) is 70.6 Å². The van der Waals surface area contributed by atoms with E-state index in [4.69, 9.17) is 4.98 Å². The van der Waals surface area contributed by atoms with Crippen LogP contribution in [0.4, 0.5) is 0 Å². The Bertz CT molecular complexity index is 955. The number of para-hydroxylation sites is 1. The molecule has 1 aromatic heterocycles. The molecular formula is C22H23N3O3S. The lowest BCUT2D eigenvalue weighted by Gasteiger charge is -2.24. The number of thiazole rings is 1. The first kappa shape index (κ1) is 18.5. The van der Waals surface area contributed by atoms with Gasteiger partial charge >= 0.3 is 0 Å². The molecule has 1 aromatic carbocycles. The van der Waals surface area contributed by atoms with Gasteiger partial charge in [0.05, 0.1) is 28.1 Å². The number of hydrogen-bond donors (Lipinski definition) is 0. The fourth-order valence-corrected chi connectivity index (χ4v) is 5.91. The van der Waals surface area contributed by atoms with Crippen molar-refractivity contribution in [2.75, 3.05) is 13.1 Å². The molecule has 150 valence electrons. The van der Waals surface area contributed by atoms with Gasteiger partial charge in [0.2, 0.25) is 17.7 Å². The molecule has 0 radical (unpaired) electrons. The molecular weight excluding hydrogens is 386 g/mol. The second-order valence-corrected chi connectivity index (χ2v) is 9.06. The van der Waals surface area contributed by atoms with E-state index in [9.17, 15) is 14.4 Å². The standard InChI is InChI=1S/C22H23N3O3S/c26-19(11-13-25-21(27)14-6-1-2-7-15(14)22(25)28)24-12-5-9-17(24)20-23-16-8-3-4-10-18(16)29-20/h1-4,8,10,14-15,17H,5-7,9,11-13H2/t14-,15+,17-/m0/s1. The smallest absolute Gasteiger partial charge is 0.233 e. The summed E-state index contributed by atoms with van der Waals surface area (Å²) < 4.78 is 1.13. The normalized spacial score (nSPS) is 26.6. The number of rotatable bonds is 4. The average molecular weight is 410 g/mol. The summed E-state index contributed by atoms with van der Waals surface area (Å²) in [4.78, 5) is 46.1. The van der Waals surface area contributed by atoms with Crippen molar-refractivity contribution in [3.8, 4) is 0 Å². The minimum absolute atomic E-state index is 0.000327. The highest BCUT2D eigenvalue weighted by molar-refractivity contribution is 7.18. The Hall–Kier alpha value is -2.54. The Morgan fingerprint density at radius 2 is 1.83 bits per heavy atom. The molecule has 3 amide bonds. The number of likely N-dealkylation sites (tertiary alicyclic amines) is 2. The van der Waals surface area contributed by atoms with Gasteiger partial charge in [-0.15, -0.1) is 11.3 Å². The van der Waals surface area contributed by atoms with Gasteiger partial charge in [0, 0.05) is 19.5 Å². The lowest BCUT2D eigenvalue weighted by Crippen LogP contribution is -2.37. The number of fused-ring (bicyclic) bond motifs is 2. The summed E-state index contributed by atoms with van der Waals surface area (Å²) in [6, 6.07) is 8.02. The van der Waals surface area contributed by atoms with Crippen LogP contribution < -0.4 is 0 Å². The number of hydrogen-bond acceptors (Lipinski definition) is 5. The van der Waals surface area contributed by atoms with Gasteiger partial charge in [-0.25, -0.2) is 4.98 Å². The van der Waals surface area contributed by atoms with Gasteiger partial charge in [-0.1, -0.05) is 24.3 Å². The van der Waals surface area contributed by atoms with Crippen LogP contribution in [-0.4, -0.2) is 45.6 Å². The first-order chi connectivity index (χ1) is 14.1. The van der Waals surface area contributed by atoms with Gasteiger partial charge in [-0.2, -0.15) is 0 Å². The number of carbonyl (C=O) groups is 3. The third-order valence-electron chi connectivity index (χ3n) is 6.32. The zero-order chi connectivity index (χ0) is 20.0. The fourth-order valence-electron chi connectivity index (χ4n) is 4.79. The van der Waals surface area contributed by atoms with Gasteiger partial charge in [-0.05, 0) is 37.8 Å². The van der Waals surface area contributed by atoms with E-state index in [0.717, 1.165) is 28.1 Å². The highest BCUT2D eigenvalue weighted by Crippen LogP contribution is 2.38. The number of imide groups is 1. The number of allylic oxidation sites excluding steroid dienone is 2. The molecule has 0 spiro atoms. The van der Waals surface area contributed by atoms with Crippen molar-refractivity contribution in [1.29, 1.82) is 0 Å². The number of aromatic nitrogens is 1. The molecule has 0 N–H and O–H groups in total. The predicted molar refractivity (Wildman–Crippen MR) is 110 cm³/mol. The second kappa shape index (κ2) is 7.37. The van der Waals surface area contributed by atoms with E-state index in [1.54, 1.807) is 11.3 Å². The van der Waals surface area contributed by atoms with Crippen molar-refractivity contribution in [3.05, 3.63) is 41.4 Å². The zero-order valence-corrected chi connectivity index (χ0v) is 16.9. The van der Waals surface area contributed by atoms with Crippen molar-refractivity contribution < 1.29 is 14.4 Å². The van der Waals surface area contributed by atoms with E-state index < -0.39 is 0 Å². The molecule has 29 heavy (non-hydrogen) atoms. The first-order valence-electron chi connectivity index (χ1n) is 10.3. The molecule has 0 bridgehead atoms. The number of carbonyl (C=O) groups excluding carboxylic acids is 3. The molecule has 6 nitrogen and oxygen atoms in total. The Morgan fingerprint density at radius 3 is 2.55 bits per heavy atom. The molecule has 2 aliphatic heterocycles. The number of amides is 3. The monoisotopic (exact) mass is 409 g/mol. The quantitative estimate of drug-likeness (QED) is 0.574. The third-order valence-corrected chi connectivity index (χ3v) is 7.45. The maximum atomic E-state index is 13.0. The van der Waals surface area contributed by atoms with Gasteiger partial charge in [0.1, 0.15) is 5.01 Å². The van der Waals surface area contributed by atoms with Crippen molar-refractivity contribution in [2.24, 2.45) is 11.8 Å². The SMILES string of the molecule is O=C1[C@H]2CC=CC[C@H]2C(=O)N1CCC(=O)N1CCC[C@H]1c1nc2ccccc2s1. The number of nitrogens with zero attached hydrogens (tertiary/aromatic N) is 3. The molecule has 3 aliphatic rings. The minimum Gasteiger partial charge on any atom is -0.333 e. The molecule has 2 saturated heterocycles. The van der Waals surface area contributed by atoms with Crippen LogP contribution in [0.3, 0.4) is 0 Å². The second-order valence-electron chi connectivity index (χ2n) is 8.00. The van der Waals surface area contributed by atoms with Crippen molar-refractivity contribution in [3.63, 3.8) is 0 Å². The predicted octanol–water partition coefficient (Wildman–Crippen LogP) is 3.30. The summed E-state index contributed by atoms with van der Waals surface area (Å²) >= 11 is 1.64. The molecule has 3 atom stereocenters. The van der Waals surface area contributed by atoms with Crippen LogP contribution in [0.25, 0.3) is 10.2 Å². The molecule has 0 unspecified atom stereocenters. The van der Waals surface area contributed by atoms with E-state index in [-0.39, 0.29) is 48.6 Å². The lowest BCUT2D eigenvalue weighted by atomic mass is 9.85. The summed E-state index contributed by atoms with van der Waals surface area (Å²) in [5.41, 5.74) is 0.969. The Kier molecular flexibility index (Phi) is 4.70. The summed E-state index contributed by atoms with van der Waals surface area (Å²) in [5, 5.41) is 0.975. The summed E-state index contributed by atoms with van der Waals surface area (Å²) in [5.74, 6) is -0.683. The van der Waals surface area contributed by atoms with Crippen LogP contribution in [0.15, 0.2) is 36.4 Å². The summed E-state index contributed by atoms with van der Waals surface area (Å²) in [6.45, 7) is 0.892. The van der Waals surface area contributed by atoms with Crippen LogP contribution in [0.2, 0.25) is 0 Å². The van der Waals surface area contributed by atoms with Crippen LogP contribution in [0.5, 0.6) is 0 Å². The molecule has 1 aliphatic carbocycles. The molecule has 2 fully saturated rings. The van der Waals surface area contributed by atoms with Crippen molar-refractivity contribution in [1.82, 2.24) is 14.8 Å². The highest BCUT2D eigenvalue weighted by atomic mass is 32.1. The molecule has 2 aromatic rings. The molecule has 7 heteroatoms. The van der Waals surface area contributed by atoms with E-state index in [2.05, 4.69) is 6.07 Å². The zero-order valence-electron chi connectivity index (χ0n) is 16.1. The van der Waals surface area contributed by atoms with Crippen molar-refractivity contribution in [2.45, 2.75) is 38.1 Å². The van der Waals surface area contributed by atoms with E-state index >= 15 is 0 Å². The summed E-state index contributed by atoms with van der Waals surface area (Å²) in [7, 11) is 0. The van der Waals surface area contributed by atoms with E-state index in [0.29, 0.717) is 19.4 Å². The maximum absolute atomic E-state index is 13.0. The van der Waals surface area contributed by atoms with Gasteiger partial charge in [0.15, 0.2) is 0 Å². The summed E-state index contributed by atoms with van der Waals surface area (Å²) in [6.07, 6.45) is 7.26.